The van der Waals surface area contributed by atoms with Gasteiger partial charge in [-0.25, -0.2) is 0 Å². The van der Waals surface area contributed by atoms with Crippen LogP contribution in [-0.2, 0) is 11.3 Å². The Morgan fingerprint density at radius 2 is 2.64 bits per heavy atom. The maximum absolute atomic E-state index is 5.41. The van der Waals surface area contributed by atoms with Crippen molar-refractivity contribution in [1.82, 2.24) is 9.78 Å². The summed E-state index contributed by atoms with van der Waals surface area (Å²) in [5.41, 5.74) is 0. The molecule has 1 N–H and O–H groups in total. The van der Waals surface area contributed by atoms with E-state index in [1.54, 1.807) is 0 Å². The summed E-state index contributed by atoms with van der Waals surface area (Å²) in [6.45, 7) is 4.72. The van der Waals surface area contributed by atoms with Crippen LogP contribution in [0.15, 0.2) is 12.3 Å². The average molecular weight is 195 g/mol. The van der Waals surface area contributed by atoms with Crippen molar-refractivity contribution in [2.45, 2.75) is 32.4 Å². The molecule has 1 aromatic rings. The zero-order chi connectivity index (χ0) is 9.80. The van der Waals surface area contributed by atoms with Gasteiger partial charge in [0.1, 0.15) is 5.82 Å². The van der Waals surface area contributed by atoms with Crippen LogP contribution in [0.5, 0.6) is 0 Å². The molecule has 0 aromatic carbocycles. The summed E-state index contributed by atoms with van der Waals surface area (Å²) < 4.78 is 7.38. The lowest BCUT2D eigenvalue weighted by Gasteiger charge is -2.24. The highest BCUT2D eigenvalue weighted by Gasteiger charge is 2.14. The zero-order valence-electron chi connectivity index (χ0n) is 8.57. The third-order valence-electron chi connectivity index (χ3n) is 2.53. The number of nitrogens with one attached hydrogen (secondary N) is 1. The SMILES string of the molecule is CCn1nccc1NC1CCCOC1. The van der Waals surface area contributed by atoms with Crippen molar-refractivity contribution in [3.63, 3.8) is 0 Å². The lowest BCUT2D eigenvalue weighted by molar-refractivity contribution is 0.0874. The van der Waals surface area contributed by atoms with E-state index in [1.807, 2.05) is 16.9 Å². The number of ether oxygens (including phenoxy) is 1. The number of aromatic nitrogens is 2. The standard InChI is InChI=1S/C10H17N3O/c1-2-13-10(5-6-11-13)12-9-4-3-7-14-8-9/h5-6,9,12H,2-4,7-8H2,1H3. The summed E-state index contributed by atoms with van der Waals surface area (Å²) in [6, 6.07) is 2.46. The van der Waals surface area contributed by atoms with E-state index in [-0.39, 0.29) is 0 Å². The summed E-state index contributed by atoms with van der Waals surface area (Å²) in [7, 11) is 0. The van der Waals surface area contributed by atoms with Crippen LogP contribution in [0.4, 0.5) is 5.82 Å². The minimum Gasteiger partial charge on any atom is -0.379 e. The van der Waals surface area contributed by atoms with Gasteiger partial charge in [0.05, 0.1) is 18.8 Å². The first-order chi connectivity index (χ1) is 6.90. The molecule has 2 rings (SSSR count). The van der Waals surface area contributed by atoms with Crippen LogP contribution in [-0.4, -0.2) is 29.0 Å². The van der Waals surface area contributed by atoms with Gasteiger partial charge >= 0.3 is 0 Å². The Labute approximate surface area is 84.3 Å². The molecule has 1 saturated heterocycles. The summed E-state index contributed by atoms with van der Waals surface area (Å²) in [4.78, 5) is 0. The van der Waals surface area contributed by atoms with E-state index >= 15 is 0 Å². The molecule has 0 radical (unpaired) electrons. The lowest BCUT2D eigenvalue weighted by atomic mass is 10.1. The molecule has 0 amide bonds. The highest BCUT2D eigenvalue weighted by molar-refractivity contribution is 5.35. The van der Waals surface area contributed by atoms with Crippen molar-refractivity contribution in [3.8, 4) is 0 Å². The first-order valence-electron chi connectivity index (χ1n) is 5.26. The molecule has 0 aliphatic carbocycles. The monoisotopic (exact) mass is 195 g/mol. The summed E-state index contributed by atoms with van der Waals surface area (Å²) in [5.74, 6) is 1.10. The van der Waals surface area contributed by atoms with Gasteiger partial charge in [0.2, 0.25) is 0 Å². The Bertz CT molecular complexity index is 279. The quantitative estimate of drug-likeness (QED) is 0.794. The number of hydrogen-bond donors (Lipinski definition) is 1. The van der Waals surface area contributed by atoms with Crippen LogP contribution in [0, 0.1) is 0 Å². The molecular formula is C10H17N3O. The minimum absolute atomic E-state index is 0.450. The van der Waals surface area contributed by atoms with Crippen molar-refractivity contribution in [2.75, 3.05) is 18.5 Å². The summed E-state index contributed by atoms with van der Waals surface area (Å²) >= 11 is 0. The van der Waals surface area contributed by atoms with Crippen LogP contribution in [0.1, 0.15) is 19.8 Å². The third-order valence-corrected chi connectivity index (χ3v) is 2.53. The lowest BCUT2D eigenvalue weighted by Crippen LogP contribution is -2.30. The van der Waals surface area contributed by atoms with Gasteiger partial charge in [0.15, 0.2) is 0 Å². The van der Waals surface area contributed by atoms with Crippen molar-refractivity contribution in [1.29, 1.82) is 0 Å². The second-order valence-electron chi connectivity index (χ2n) is 3.59. The molecule has 14 heavy (non-hydrogen) atoms. The number of hydrogen-bond acceptors (Lipinski definition) is 3. The number of aryl methyl sites for hydroxylation is 1. The van der Waals surface area contributed by atoms with E-state index in [4.69, 9.17) is 4.74 Å². The van der Waals surface area contributed by atoms with Crippen molar-refractivity contribution in [3.05, 3.63) is 12.3 Å². The molecule has 1 atom stereocenters. The zero-order valence-corrected chi connectivity index (χ0v) is 8.57. The molecule has 1 aliphatic heterocycles. The molecule has 1 fully saturated rings. The van der Waals surface area contributed by atoms with E-state index in [0.717, 1.165) is 32.0 Å². The Morgan fingerprint density at radius 1 is 1.71 bits per heavy atom. The molecule has 1 aliphatic rings. The Hall–Kier alpha value is -1.03. The molecule has 0 bridgehead atoms. The van der Waals surface area contributed by atoms with Gasteiger partial charge in [0.25, 0.3) is 0 Å². The fourth-order valence-corrected chi connectivity index (χ4v) is 1.77. The highest BCUT2D eigenvalue weighted by atomic mass is 16.5. The highest BCUT2D eigenvalue weighted by Crippen LogP contribution is 2.13. The van der Waals surface area contributed by atoms with E-state index in [2.05, 4.69) is 17.3 Å². The molecule has 0 spiro atoms. The summed E-state index contributed by atoms with van der Waals surface area (Å²) in [5, 5.41) is 7.67. The maximum atomic E-state index is 5.41. The molecule has 1 aromatic heterocycles. The van der Waals surface area contributed by atoms with Crippen LogP contribution in [0.25, 0.3) is 0 Å². The van der Waals surface area contributed by atoms with Crippen LogP contribution < -0.4 is 5.32 Å². The number of rotatable bonds is 3. The van der Waals surface area contributed by atoms with E-state index < -0.39 is 0 Å². The largest absolute Gasteiger partial charge is 0.379 e. The van der Waals surface area contributed by atoms with E-state index in [9.17, 15) is 0 Å². The summed E-state index contributed by atoms with van der Waals surface area (Å²) in [6.07, 6.45) is 4.17. The van der Waals surface area contributed by atoms with Crippen LogP contribution >= 0.6 is 0 Å². The number of anilines is 1. The normalized spacial score (nSPS) is 22.2. The first-order valence-corrected chi connectivity index (χ1v) is 5.26. The van der Waals surface area contributed by atoms with Crippen molar-refractivity contribution < 1.29 is 4.74 Å². The molecule has 0 saturated carbocycles. The van der Waals surface area contributed by atoms with Crippen LogP contribution in [0.3, 0.4) is 0 Å². The van der Waals surface area contributed by atoms with Gasteiger partial charge in [-0.3, -0.25) is 4.68 Å². The fraction of sp³-hybridized carbons (Fsp3) is 0.700. The van der Waals surface area contributed by atoms with Gasteiger partial charge < -0.3 is 10.1 Å². The molecule has 4 heteroatoms. The van der Waals surface area contributed by atoms with E-state index in [1.165, 1.54) is 6.42 Å². The minimum atomic E-state index is 0.450. The molecule has 4 nitrogen and oxygen atoms in total. The first kappa shape index (κ1) is 9.52. The molecule has 2 heterocycles. The van der Waals surface area contributed by atoms with Gasteiger partial charge in [-0.15, -0.1) is 0 Å². The molecule has 1 unspecified atom stereocenters. The average Bonchev–Trinajstić information content (AvgIpc) is 2.67. The maximum Gasteiger partial charge on any atom is 0.124 e. The second-order valence-corrected chi connectivity index (χ2v) is 3.59. The Balaban J connectivity index is 1.95. The smallest absolute Gasteiger partial charge is 0.124 e. The molecular weight excluding hydrogens is 178 g/mol. The topological polar surface area (TPSA) is 39.1 Å². The van der Waals surface area contributed by atoms with Gasteiger partial charge in [-0.05, 0) is 19.8 Å². The Morgan fingerprint density at radius 3 is 3.36 bits per heavy atom. The van der Waals surface area contributed by atoms with Crippen molar-refractivity contribution >= 4 is 5.82 Å². The third kappa shape index (κ3) is 2.07. The predicted molar refractivity (Wildman–Crippen MR) is 55.4 cm³/mol. The number of nitrogens with zero attached hydrogens (tertiary/aromatic N) is 2. The van der Waals surface area contributed by atoms with Gasteiger partial charge in [0, 0.05) is 19.2 Å². The predicted octanol–water partition coefficient (Wildman–Crippen LogP) is 1.49. The van der Waals surface area contributed by atoms with Crippen LogP contribution in [0.2, 0.25) is 0 Å². The Kier molecular flexibility index (Phi) is 3.03. The van der Waals surface area contributed by atoms with Gasteiger partial charge in [-0.1, -0.05) is 0 Å². The fourth-order valence-electron chi connectivity index (χ4n) is 1.77. The van der Waals surface area contributed by atoms with E-state index in [0.29, 0.717) is 6.04 Å². The second kappa shape index (κ2) is 4.46. The van der Waals surface area contributed by atoms with Crippen molar-refractivity contribution in [2.24, 2.45) is 0 Å². The van der Waals surface area contributed by atoms with Gasteiger partial charge in [-0.2, -0.15) is 5.10 Å². The molecule has 78 valence electrons.